The van der Waals surface area contributed by atoms with Gasteiger partial charge in [-0.2, -0.15) is 5.26 Å². The van der Waals surface area contributed by atoms with Crippen LogP contribution in [0.2, 0.25) is 5.02 Å². The summed E-state index contributed by atoms with van der Waals surface area (Å²) >= 11 is 5.67. The molecule has 0 heterocycles. The standard InChI is InChI=1S/C9H7ClN2/c10-8-2-4-9(5-3-8)12-7-1-6-11/h1-5,7,12H/b7-1+. The minimum absolute atomic E-state index is 0.699. The number of hydrogen-bond acceptors (Lipinski definition) is 2. The Labute approximate surface area is 76.1 Å². The first-order valence-electron chi connectivity index (χ1n) is 3.39. The van der Waals surface area contributed by atoms with Crippen molar-refractivity contribution in [2.75, 3.05) is 5.32 Å². The van der Waals surface area contributed by atoms with Crippen molar-refractivity contribution in [1.29, 1.82) is 5.26 Å². The molecule has 1 rings (SSSR count). The van der Waals surface area contributed by atoms with Crippen LogP contribution in [0.3, 0.4) is 0 Å². The van der Waals surface area contributed by atoms with E-state index in [1.54, 1.807) is 18.3 Å². The van der Waals surface area contributed by atoms with E-state index < -0.39 is 0 Å². The number of nitrogens with one attached hydrogen (secondary N) is 1. The molecule has 3 heteroatoms. The van der Waals surface area contributed by atoms with Gasteiger partial charge in [-0.3, -0.25) is 0 Å². The second-order valence-electron chi connectivity index (χ2n) is 2.11. The van der Waals surface area contributed by atoms with Crippen molar-refractivity contribution in [2.24, 2.45) is 0 Å². The number of rotatable bonds is 2. The fraction of sp³-hybridized carbons (Fsp3) is 0. The number of anilines is 1. The summed E-state index contributed by atoms with van der Waals surface area (Å²) in [6.07, 6.45) is 2.94. The maximum Gasteiger partial charge on any atom is 0.0927 e. The van der Waals surface area contributed by atoms with Crippen molar-refractivity contribution in [3.63, 3.8) is 0 Å². The van der Waals surface area contributed by atoms with Gasteiger partial charge < -0.3 is 5.32 Å². The van der Waals surface area contributed by atoms with E-state index in [1.165, 1.54) is 6.08 Å². The van der Waals surface area contributed by atoms with Crippen LogP contribution in [-0.4, -0.2) is 0 Å². The Morgan fingerprint density at radius 3 is 2.58 bits per heavy atom. The summed E-state index contributed by atoms with van der Waals surface area (Å²) < 4.78 is 0. The highest BCUT2D eigenvalue weighted by Gasteiger charge is 1.87. The molecule has 0 aromatic heterocycles. The normalized spacial score (nSPS) is 9.67. The molecule has 0 aliphatic carbocycles. The zero-order chi connectivity index (χ0) is 8.81. The van der Waals surface area contributed by atoms with Crippen molar-refractivity contribution in [1.82, 2.24) is 0 Å². The van der Waals surface area contributed by atoms with Gasteiger partial charge in [0, 0.05) is 23.0 Å². The van der Waals surface area contributed by atoms with Crippen LogP contribution in [0.25, 0.3) is 0 Å². The summed E-state index contributed by atoms with van der Waals surface area (Å²) in [7, 11) is 0. The van der Waals surface area contributed by atoms with Crippen LogP contribution in [0.15, 0.2) is 36.5 Å². The molecular weight excluding hydrogens is 172 g/mol. The lowest BCUT2D eigenvalue weighted by Gasteiger charge is -1.98. The van der Waals surface area contributed by atoms with E-state index in [0.717, 1.165) is 5.69 Å². The monoisotopic (exact) mass is 178 g/mol. The topological polar surface area (TPSA) is 35.8 Å². The lowest BCUT2D eigenvalue weighted by molar-refractivity contribution is 1.52. The summed E-state index contributed by atoms with van der Waals surface area (Å²) in [6, 6.07) is 9.12. The highest BCUT2D eigenvalue weighted by molar-refractivity contribution is 6.30. The van der Waals surface area contributed by atoms with Gasteiger partial charge in [-0.1, -0.05) is 11.6 Å². The fourth-order valence-corrected chi connectivity index (χ4v) is 0.847. The Balaban J connectivity index is 2.60. The summed E-state index contributed by atoms with van der Waals surface area (Å²) in [4.78, 5) is 0. The number of benzene rings is 1. The third kappa shape index (κ3) is 2.65. The Morgan fingerprint density at radius 2 is 2.00 bits per heavy atom. The molecule has 0 amide bonds. The lowest BCUT2D eigenvalue weighted by Crippen LogP contribution is -1.84. The van der Waals surface area contributed by atoms with Crippen molar-refractivity contribution < 1.29 is 0 Å². The highest BCUT2D eigenvalue weighted by Crippen LogP contribution is 2.12. The number of nitriles is 1. The van der Waals surface area contributed by atoms with Gasteiger partial charge in [-0.05, 0) is 24.3 Å². The molecule has 0 unspecified atom stereocenters. The third-order valence-electron chi connectivity index (χ3n) is 1.25. The van der Waals surface area contributed by atoms with Crippen LogP contribution in [0.5, 0.6) is 0 Å². The largest absolute Gasteiger partial charge is 0.361 e. The molecule has 0 radical (unpaired) electrons. The molecule has 0 bridgehead atoms. The Kier molecular flexibility index (Phi) is 3.18. The summed E-state index contributed by atoms with van der Waals surface area (Å²) in [5.41, 5.74) is 0.908. The molecule has 0 atom stereocenters. The van der Waals surface area contributed by atoms with Gasteiger partial charge in [0.15, 0.2) is 0 Å². The number of allylic oxidation sites excluding steroid dienone is 1. The van der Waals surface area contributed by atoms with E-state index >= 15 is 0 Å². The summed E-state index contributed by atoms with van der Waals surface area (Å²) in [5, 5.41) is 11.8. The van der Waals surface area contributed by atoms with Crippen molar-refractivity contribution in [2.45, 2.75) is 0 Å². The predicted octanol–water partition coefficient (Wildman–Crippen LogP) is 2.79. The zero-order valence-electron chi connectivity index (χ0n) is 6.29. The molecule has 0 saturated heterocycles. The van der Waals surface area contributed by atoms with E-state index in [2.05, 4.69) is 5.32 Å². The maximum atomic E-state index is 8.19. The van der Waals surface area contributed by atoms with Crippen molar-refractivity contribution in [3.05, 3.63) is 41.6 Å². The fourth-order valence-electron chi connectivity index (χ4n) is 0.721. The molecule has 0 aliphatic heterocycles. The van der Waals surface area contributed by atoms with Crippen molar-refractivity contribution in [3.8, 4) is 6.07 Å². The average molecular weight is 179 g/mol. The smallest absolute Gasteiger partial charge is 0.0927 e. The van der Waals surface area contributed by atoms with E-state index in [0.29, 0.717) is 5.02 Å². The molecule has 0 aliphatic rings. The predicted molar refractivity (Wildman–Crippen MR) is 49.8 cm³/mol. The minimum Gasteiger partial charge on any atom is -0.361 e. The molecule has 1 aromatic rings. The second-order valence-corrected chi connectivity index (χ2v) is 2.55. The molecular formula is C9H7ClN2. The quantitative estimate of drug-likeness (QED) is 0.707. The number of hydrogen-bond donors (Lipinski definition) is 1. The van der Waals surface area contributed by atoms with Gasteiger partial charge >= 0.3 is 0 Å². The molecule has 12 heavy (non-hydrogen) atoms. The van der Waals surface area contributed by atoms with Crippen LogP contribution in [0.1, 0.15) is 0 Å². The minimum atomic E-state index is 0.699. The first-order valence-corrected chi connectivity index (χ1v) is 3.77. The zero-order valence-corrected chi connectivity index (χ0v) is 7.05. The Bertz CT molecular complexity index is 308. The Morgan fingerprint density at radius 1 is 1.33 bits per heavy atom. The molecule has 60 valence electrons. The molecule has 2 nitrogen and oxygen atoms in total. The average Bonchev–Trinajstić information content (AvgIpc) is 2.09. The lowest BCUT2D eigenvalue weighted by atomic mass is 10.3. The SMILES string of the molecule is N#C/C=C/Nc1ccc(Cl)cc1. The first kappa shape index (κ1) is 8.63. The van der Waals surface area contributed by atoms with Gasteiger partial charge in [0.25, 0.3) is 0 Å². The molecule has 0 saturated carbocycles. The van der Waals surface area contributed by atoms with E-state index in [9.17, 15) is 0 Å². The molecule has 0 fully saturated rings. The van der Waals surface area contributed by atoms with Gasteiger partial charge in [0.2, 0.25) is 0 Å². The van der Waals surface area contributed by atoms with Crippen LogP contribution in [0.4, 0.5) is 5.69 Å². The van der Waals surface area contributed by atoms with Crippen molar-refractivity contribution >= 4 is 17.3 Å². The second kappa shape index (κ2) is 4.42. The van der Waals surface area contributed by atoms with Crippen LogP contribution in [0, 0.1) is 11.3 Å². The van der Waals surface area contributed by atoms with E-state index in [4.69, 9.17) is 16.9 Å². The van der Waals surface area contributed by atoms with Crippen LogP contribution >= 0.6 is 11.6 Å². The van der Waals surface area contributed by atoms with Crippen LogP contribution in [-0.2, 0) is 0 Å². The number of halogens is 1. The molecule has 1 aromatic carbocycles. The van der Waals surface area contributed by atoms with Gasteiger partial charge in [-0.25, -0.2) is 0 Å². The molecule has 1 N–H and O–H groups in total. The summed E-state index contributed by atoms with van der Waals surface area (Å²) in [5.74, 6) is 0. The van der Waals surface area contributed by atoms with E-state index in [-0.39, 0.29) is 0 Å². The maximum absolute atomic E-state index is 8.19. The summed E-state index contributed by atoms with van der Waals surface area (Å²) in [6.45, 7) is 0. The highest BCUT2D eigenvalue weighted by atomic mass is 35.5. The Hall–Kier alpha value is -1.46. The third-order valence-corrected chi connectivity index (χ3v) is 1.50. The van der Waals surface area contributed by atoms with Gasteiger partial charge in [0.05, 0.1) is 6.07 Å². The number of nitrogens with zero attached hydrogens (tertiary/aromatic N) is 1. The molecule has 0 spiro atoms. The van der Waals surface area contributed by atoms with Gasteiger partial charge in [-0.15, -0.1) is 0 Å². The van der Waals surface area contributed by atoms with Gasteiger partial charge in [0.1, 0.15) is 0 Å². The van der Waals surface area contributed by atoms with E-state index in [1.807, 2.05) is 18.2 Å². The first-order chi connectivity index (χ1) is 5.83. The van der Waals surface area contributed by atoms with Crippen LogP contribution < -0.4 is 5.32 Å².